The number of allylic oxidation sites excluding steroid dienone is 3. The van der Waals surface area contributed by atoms with Crippen molar-refractivity contribution in [3.05, 3.63) is 84.2 Å². The Kier molecular flexibility index (Phi) is 7.76. The molecule has 0 fully saturated rings. The van der Waals surface area contributed by atoms with Crippen molar-refractivity contribution in [3.63, 3.8) is 0 Å². The van der Waals surface area contributed by atoms with Crippen LogP contribution in [-0.4, -0.2) is 13.2 Å². The molecule has 0 atom stereocenters. The lowest BCUT2D eigenvalue weighted by Crippen LogP contribution is -2.06. The van der Waals surface area contributed by atoms with Crippen molar-refractivity contribution in [1.82, 2.24) is 0 Å². The molecule has 162 valence electrons. The molecule has 0 amide bonds. The molecule has 0 spiro atoms. The number of halogens is 3. The highest BCUT2D eigenvalue weighted by Crippen LogP contribution is 2.39. The molecular formula is C26H25F3O2. The molecule has 0 aliphatic rings. The SMILES string of the molecule is CC=CCOc1c(OC(F)F)cc2cc(-c3ccc(CC/C=C/C)cc3)ccc2c1F. The Hall–Kier alpha value is -3.21. The zero-order chi connectivity index (χ0) is 22.2. The fraction of sp³-hybridized carbons (Fsp3) is 0.231. The Morgan fingerprint density at radius 1 is 0.903 bits per heavy atom. The third-order valence-electron chi connectivity index (χ3n) is 4.90. The van der Waals surface area contributed by atoms with E-state index in [1.54, 1.807) is 31.2 Å². The minimum absolute atomic E-state index is 0.0526. The summed E-state index contributed by atoms with van der Waals surface area (Å²) in [4.78, 5) is 0. The maximum atomic E-state index is 15.1. The van der Waals surface area contributed by atoms with Crippen LogP contribution in [0.3, 0.4) is 0 Å². The molecule has 0 aliphatic carbocycles. The van der Waals surface area contributed by atoms with Crippen molar-refractivity contribution in [2.45, 2.75) is 33.3 Å². The molecule has 31 heavy (non-hydrogen) atoms. The van der Waals surface area contributed by atoms with E-state index in [9.17, 15) is 8.78 Å². The van der Waals surface area contributed by atoms with Gasteiger partial charge in [0.05, 0.1) is 0 Å². The number of aryl methyl sites for hydroxylation is 1. The van der Waals surface area contributed by atoms with Gasteiger partial charge in [-0.15, -0.1) is 0 Å². The molecule has 0 unspecified atom stereocenters. The standard InChI is InChI=1S/C26H25F3O2/c1-3-5-7-8-18-9-11-19(12-10-18)20-13-14-22-21(16-20)17-23(31-26(28)29)25(24(22)27)30-15-6-4-2/h3-6,9-14,16-17,26H,7-8,15H2,1-2H3/b5-3+,6-4?. The van der Waals surface area contributed by atoms with Crippen LogP contribution in [0.2, 0.25) is 0 Å². The number of ether oxygens (including phenoxy) is 2. The van der Waals surface area contributed by atoms with Crippen LogP contribution < -0.4 is 9.47 Å². The van der Waals surface area contributed by atoms with Gasteiger partial charge in [0.15, 0.2) is 17.3 Å². The molecule has 5 heteroatoms. The fourth-order valence-electron chi connectivity index (χ4n) is 3.33. The van der Waals surface area contributed by atoms with E-state index in [2.05, 4.69) is 22.9 Å². The number of alkyl halides is 2. The van der Waals surface area contributed by atoms with E-state index in [0.717, 1.165) is 24.0 Å². The van der Waals surface area contributed by atoms with Gasteiger partial charge in [0.1, 0.15) is 6.61 Å². The fourth-order valence-corrected chi connectivity index (χ4v) is 3.33. The predicted molar refractivity (Wildman–Crippen MR) is 119 cm³/mol. The Labute approximate surface area is 180 Å². The van der Waals surface area contributed by atoms with Crippen LogP contribution in [0.25, 0.3) is 21.9 Å². The van der Waals surface area contributed by atoms with E-state index in [-0.39, 0.29) is 23.5 Å². The van der Waals surface area contributed by atoms with Crippen molar-refractivity contribution in [2.75, 3.05) is 6.61 Å². The van der Waals surface area contributed by atoms with Gasteiger partial charge >= 0.3 is 6.61 Å². The van der Waals surface area contributed by atoms with Crippen LogP contribution in [0, 0.1) is 5.82 Å². The summed E-state index contributed by atoms with van der Waals surface area (Å²) in [5.74, 6) is -1.35. The van der Waals surface area contributed by atoms with Gasteiger partial charge in [-0.05, 0) is 60.9 Å². The highest BCUT2D eigenvalue weighted by atomic mass is 19.3. The van der Waals surface area contributed by atoms with Crippen molar-refractivity contribution in [3.8, 4) is 22.6 Å². The predicted octanol–water partition coefficient (Wildman–Crippen LogP) is 7.71. The molecular weight excluding hydrogens is 401 g/mol. The zero-order valence-electron chi connectivity index (χ0n) is 17.6. The monoisotopic (exact) mass is 426 g/mol. The van der Waals surface area contributed by atoms with Crippen molar-refractivity contribution >= 4 is 10.8 Å². The van der Waals surface area contributed by atoms with Crippen molar-refractivity contribution in [2.24, 2.45) is 0 Å². The lowest BCUT2D eigenvalue weighted by atomic mass is 9.98. The summed E-state index contributed by atoms with van der Waals surface area (Å²) in [5.41, 5.74) is 3.04. The summed E-state index contributed by atoms with van der Waals surface area (Å²) in [5, 5.41) is 0.741. The van der Waals surface area contributed by atoms with Crippen LogP contribution in [-0.2, 0) is 6.42 Å². The van der Waals surface area contributed by atoms with E-state index < -0.39 is 12.4 Å². The normalized spacial score (nSPS) is 11.8. The molecule has 0 aromatic heterocycles. The quantitative estimate of drug-likeness (QED) is 0.326. The van der Waals surface area contributed by atoms with Gasteiger partial charge < -0.3 is 9.47 Å². The molecule has 2 nitrogen and oxygen atoms in total. The van der Waals surface area contributed by atoms with Gasteiger partial charge in [0.2, 0.25) is 0 Å². The molecule has 0 saturated heterocycles. The molecule has 0 N–H and O–H groups in total. The minimum Gasteiger partial charge on any atom is -0.483 e. The number of hydrogen-bond donors (Lipinski definition) is 0. The minimum atomic E-state index is -3.08. The van der Waals surface area contributed by atoms with Crippen LogP contribution >= 0.6 is 0 Å². The van der Waals surface area contributed by atoms with E-state index >= 15 is 4.39 Å². The first-order valence-electron chi connectivity index (χ1n) is 10.2. The smallest absolute Gasteiger partial charge is 0.387 e. The van der Waals surface area contributed by atoms with E-state index in [1.807, 2.05) is 31.2 Å². The third kappa shape index (κ3) is 5.69. The van der Waals surface area contributed by atoms with Crippen LogP contribution in [0.4, 0.5) is 13.2 Å². The first-order chi connectivity index (χ1) is 15.0. The largest absolute Gasteiger partial charge is 0.483 e. The number of benzene rings is 3. The van der Waals surface area contributed by atoms with Crippen LogP contribution in [0.1, 0.15) is 25.8 Å². The second kappa shape index (κ2) is 10.7. The van der Waals surface area contributed by atoms with Crippen molar-refractivity contribution < 1.29 is 22.6 Å². The van der Waals surface area contributed by atoms with Gasteiger partial charge in [-0.3, -0.25) is 0 Å². The van der Waals surface area contributed by atoms with Gasteiger partial charge in [0.25, 0.3) is 0 Å². The molecule has 0 saturated carbocycles. The van der Waals surface area contributed by atoms with Crippen LogP contribution in [0.15, 0.2) is 72.8 Å². The summed E-state index contributed by atoms with van der Waals surface area (Å²) < 4.78 is 50.8. The first kappa shape index (κ1) is 22.5. The van der Waals surface area contributed by atoms with Gasteiger partial charge in [-0.1, -0.05) is 60.7 Å². The number of hydrogen-bond acceptors (Lipinski definition) is 2. The lowest BCUT2D eigenvalue weighted by molar-refractivity contribution is -0.0515. The molecule has 0 aliphatic heterocycles. The average molecular weight is 426 g/mol. The lowest BCUT2D eigenvalue weighted by Gasteiger charge is -2.15. The second-order valence-electron chi connectivity index (χ2n) is 7.02. The third-order valence-corrected chi connectivity index (χ3v) is 4.90. The molecule has 3 aromatic rings. The average Bonchev–Trinajstić information content (AvgIpc) is 2.76. The number of fused-ring (bicyclic) bond motifs is 1. The van der Waals surface area contributed by atoms with E-state index in [4.69, 9.17) is 4.74 Å². The molecule has 0 radical (unpaired) electrons. The molecule has 3 aromatic carbocycles. The topological polar surface area (TPSA) is 18.5 Å². The highest BCUT2D eigenvalue weighted by Gasteiger charge is 2.19. The van der Waals surface area contributed by atoms with Gasteiger partial charge in [-0.25, -0.2) is 4.39 Å². The maximum absolute atomic E-state index is 15.1. The zero-order valence-corrected chi connectivity index (χ0v) is 17.6. The molecule has 0 bridgehead atoms. The summed E-state index contributed by atoms with van der Waals surface area (Å²) >= 11 is 0. The van der Waals surface area contributed by atoms with Crippen molar-refractivity contribution in [1.29, 1.82) is 0 Å². The summed E-state index contributed by atoms with van der Waals surface area (Å²) in [6.45, 7) is 0.754. The summed E-state index contributed by atoms with van der Waals surface area (Å²) in [6, 6.07) is 14.7. The molecule has 3 rings (SSSR count). The maximum Gasteiger partial charge on any atom is 0.387 e. The van der Waals surface area contributed by atoms with E-state index in [0.29, 0.717) is 5.39 Å². The highest BCUT2D eigenvalue weighted by molar-refractivity contribution is 5.90. The first-order valence-corrected chi connectivity index (χ1v) is 10.2. The van der Waals surface area contributed by atoms with Gasteiger partial charge in [-0.2, -0.15) is 8.78 Å². The number of rotatable bonds is 9. The van der Waals surface area contributed by atoms with Crippen LogP contribution in [0.5, 0.6) is 11.5 Å². The summed E-state index contributed by atoms with van der Waals surface area (Å²) in [6.07, 6.45) is 9.48. The Bertz CT molecular complexity index is 1070. The Morgan fingerprint density at radius 2 is 1.61 bits per heavy atom. The molecule has 0 heterocycles. The Morgan fingerprint density at radius 3 is 2.29 bits per heavy atom. The summed E-state index contributed by atoms with van der Waals surface area (Å²) in [7, 11) is 0. The Balaban J connectivity index is 1.96. The second-order valence-corrected chi connectivity index (χ2v) is 7.02. The van der Waals surface area contributed by atoms with Gasteiger partial charge in [0, 0.05) is 5.39 Å². The van der Waals surface area contributed by atoms with E-state index in [1.165, 1.54) is 11.6 Å².